The van der Waals surface area contributed by atoms with Gasteiger partial charge in [-0.05, 0) is 81.8 Å². The number of halogens is 1. The number of rotatable bonds is 6. The Morgan fingerprint density at radius 1 is 1.21 bits per heavy atom. The fourth-order valence-corrected chi connectivity index (χ4v) is 8.79. The van der Waals surface area contributed by atoms with E-state index in [0.717, 1.165) is 12.0 Å². The van der Waals surface area contributed by atoms with Crippen molar-refractivity contribution in [1.82, 2.24) is 0 Å². The molecule has 0 aromatic carbocycles. The fraction of sp³-hybridized carbons (Fsp3) is 0.741. The number of aliphatic hydroxyl groups excluding tert-OH is 1. The molecule has 33 heavy (non-hydrogen) atoms. The Balaban J connectivity index is 1.74. The van der Waals surface area contributed by atoms with Gasteiger partial charge in [-0.3, -0.25) is 14.4 Å². The average Bonchev–Trinajstić information content (AvgIpc) is 2.94. The molecule has 6 heteroatoms. The molecular formula is C27H37FO5. The third-order valence-corrected chi connectivity index (χ3v) is 10.3. The highest BCUT2D eigenvalue weighted by atomic mass is 19.1. The summed E-state index contributed by atoms with van der Waals surface area (Å²) in [5, 5.41) is 20.5. The standard InChI is InChI=1S/C27H37FO5/c1-16-13-21-20-9-8-18-14-19(30)10-12-24(18,3)27(20,28)22(31)15-25(21,4)26(16,17(2)29)11-6-5-7-23(32)33/h10,12,14,16,20-22,31H,5-9,11,13,15H2,1-4H3,(H,32,33)/t16?,20-,21-,22?,24-,25-,26+,27-/m0/s1. The SMILES string of the molecule is CC(=O)[C@@]1(CCCCC(=O)O)C(C)C[C@H]2[C@@H]3CCC4=CC(=O)C=C[C@]4(C)[C@@]3(F)C(O)C[C@@]21C. The van der Waals surface area contributed by atoms with E-state index < -0.39 is 39.9 Å². The minimum absolute atomic E-state index is 0.0256. The topological polar surface area (TPSA) is 91.7 Å². The highest BCUT2D eigenvalue weighted by Gasteiger charge is 2.74. The first-order chi connectivity index (χ1) is 15.3. The maximum absolute atomic E-state index is 17.2. The van der Waals surface area contributed by atoms with Crippen LogP contribution in [0.5, 0.6) is 0 Å². The van der Waals surface area contributed by atoms with Gasteiger partial charge in [0.2, 0.25) is 0 Å². The zero-order chi connectivity index (χ0) is 24.4. The number of alkyl halides is 1. The van der Waals surface area contributed by atoms with Crippen LogP contribution in [0.25, 0.3) is 0 Å². The summed E-state index contributed by atoms with van der Waals surface area (Å²) in [6.07, 6.45) is 7.21. The summed E-state index contributed by atoms with van der Waals surface area (Å²) in [5.74, 6) is -1.35. The molecule has 0 amide bonds. The molecule has 2 unspecified atom stereocenters. The smallest absolute Gasteiger partial charge is 0.303 e. The summed E-state index contributed by atoms with van der Waals surface area (Å²) in [5.41, 5.74) is -3.43. The van der Waals surface area contributed by atoms with Gasteiger partial charge in [0.05, 0.1) is 6.10 Å². The van der Waals surface area contributed by atoms with E-state index in [9.17, 15) is 19.5 Å². The largest absolute Gasteiger partial charge is 0.481 e. The molecular weight excluding hydrogens is 423 g/mol. The van der Waals surface area contributed by atoms with Gasteiger partial charge in [0, 0.05) is 23.2 Å². The molecule has 0 aliphatic heterocycles. The van der Waals surface area contributed by atoms with Crippen molar-refractivity contribution >= 4 is 17.5 Å². The highest BCUT2D eigenvalue weighted by molar-refractivity contribution is 6.01. The lowest BCUT2D eigenvalue weighted by molar-refractivity contribution is -0.207. The second-order valence-corrected chi connectivity index (χ2v) is 11.5. The second kappa shape index (κ2) is 7.86. The van der Waals surface area contributed by atoms with Crippen LogP contribution in [-0.4, -0.2) is 39.5 Å². The molecule has 4 aliphatic rings. The third-order valence-electron chi connectivity index (χ3n) is 10.3. The van der Waals surface area contributed by atoms with E-state index in [2.05, 4.69) is 13.8 Å². The van der Waals surface area contributed by atoms with Crippen LogP contribution in [0.2, 0.25) is 0 Å². The third kappa shape index (κ3) is 3.08. The number of carboxylic acid groups (broad SMARTS) is 1. The summed E-state index contributed by atoms with van der Waals surface area (Å²) >= 11 is 0. The van der Waals surface area contributed by atoms with E-state index in [1.165, 1.54) is 12.2 Å². The van der Waals surface area contributed by atoms with Crippen molar-refractivity contribution in [2.24, 2.45) is 34.0 Å². The number of unbranched alkanes of at least 4 members (excludes halogenated alkanes) is 1. The van der Waals surface area contributed by atoms with Gasteiger partial charge in [-0.25, -0.2) is 4.39 Å². The molecule has 0 aromatic rings. The number of aliphatic carboxylic acids is 1. The number of fused-ring (bicyclic) bond motifs is 5. The zero-order valence-corrected chi connectivity index (χ0v) is 20.2. The van der Waals surface area contributed by atoms with Crippen LogP contribution in [0.15, 0.2) is 23.8 Å². The Bertz CT molecular complexity index is 939. The number of hydrogen-bond donors (Lipinski definition) is 2. The number of carbonyl (C=O) groups is 3. The maximum Gasteiger partial charge on any atom is 0.303 e. The van der Waals surface area contributed by atoms with Gasteiger partial charge in [-0.1, -0.05) is 31.9 Å². The Hall–Kier alpha value is -1.82. The number of allylic oxidation sites excluding steroid dienone is 4. The van der Waals surface area contributed by atoms with E-state index in [-0.39, 0.29) is 36.2 Å². The lowest BCUT2D eigenvalue weighted by Crippen LogP contribution is -2.68. The summed E-state index contributed by atoms with van der Waals surface area (Å²) in [4.78, 5) is 36.3. The number of carbonyl (C=O) groups excluding carboxylic acids is 2. The monoisotopic (exact) mass is 460 g/mol. The minimum Gasteiger partial charge on any atom is -0.481 e. The molecule has 0 heterocycles. The molecule has 3 fully saturated rings. The predicted octanol–water partition coefficient (Wildman–Crippen LogP) is 4.82. The summed E-state index contributed by atoms with van der Waals surface area (Å²) in [6, 6.07) is 0. The molecule has 4 aliphatic carbocycles. The molecule has 0 spiro atoms. The average molecular weight is 461 g/mol. The van der Waals surface area contributed by atoms with Crippen LogP contribution in [0, 0.1) is 34.0 Å². The van der Waals surface area contributed by atoms with E-state index in [0.29, 0.717) is 32.1 Å². The Labute approximate surface area is 195 Å². The van der Waals surface area contributed by atoms with Gasteiger partial charge in [-0.2, -0.15) is 0 Å². The van der Waals surface area contributed by atoms with Crippen molar-refractivity contribution in [2.75, 3.05) is 0 Å². The lowest BCUT2D eigenvalue weighted by atomic mass is 9.43. The number of Topliss-reactive ketones (excluding diaryl/α,β-unsaturated/α-hetero) is 1. The van der Waals surface area contributed by atoms with Gasteiger partial charge in [0.25, 0.3) is 0 Å². The van der Waals surface area contributed by atoms with Crippen molar-refractivity contribution in [2.45, 2.75) is 90.8 Å². The molecule has 0 aromatic heterocycles. The van der Waals surface area contributed by atoms with Crippen LogP contribution < -0.4 is 0 Å². The molecule has 8 atom stereocenters. The van der Waals surface area contributed by atoms with Crippen molar-refractivity contribution in [3.8, 4) is 0 Å². The van der Waals surface area contributed by atoms with Gasteiger partial charge in [0.15, 0.2) is 11.5 Å². The van der Waals surface area contributed by atoms with Crippen molar-refractivity contribution in [1.29, 1.82) is 0 Å². The van der Waals surface area contributed by atoms with Crippen molar-refractivity contribution < 1.29 is 29.0 Å². The first kappa shape index (κ1) is 24.3. The number of ketones is 2. The van der Waals surface area contributed by atoms with Crippen LogP contribution in [0.3, 0.4) is 0 Å². The molecule has 2 N–H and O–H groups in total. The van der Waals surface area contributed by atoms with Crippen LogP contribution in [0.4, 0.5) is 4.39 Å². The molecule has 182 valence electrons. The van der Waals surface area contributed by atoms with Crippen molar-refractivity contribution in [3.05, 3.63) is 23.8 Å². The summed E-state index contributed by atoms with van der Waals surface area (Å²) in [7, 11) is 0. The first-order valence-electron chi connectivity index (χ1n) is 12.4. The fourth-order valence-electron chi connectivity index (χ4n) is 8.79. The Morgan fingerprint density at radius 2 is 1.91 bits per heavy atom. The normalized spacial score (nSPS) is 46.2. The molecule has 5 nitrogen and oxygen atoms in total. The molecule has 0 bridgehead atoms. The summed E-state index contributed by atoms with van der Waals surface area (Å²) < 4.78 is 17.2. The van der Waals surface area contributed by atoms with E-state index >= 15 is 4.39 Å². The van der Waals surface area contributed by atoms with Gasteiger partial charge >= 0.3 is 5.97 Å². The number of carboxylic acids is 1. The summed E-state index contributed by atoms with van der Waals surface area (Å²) in [6.45, 7) is 7.56. The number of hydrogen-bond acceptors (Lipinski definition) is 4. The minimum atomic E-state index is -1.89. The van der Waals surface area contributed by atoms with Crippen LogP contribution in [0.1, 0.15) is 79.1 Å². The molecule has 0 saturated heterocycles. The van der Waals surface area contributed by atoms with E-state index in [1.54, 1.807) is 13.0 Å². The lowest BCUT2D eigenvalue weighted by Gasteiger charge is -2.63. The van der Waals surface area contributed by atoms with Gasteiger partial charge in [-0.15, -0.1) is 0 Å². The Kier molecular flexibility index (Phi) is 5.79. The quantitative estimate of drug-likeness (QED) is 0.554. The van der Waals surface area contributed by atoms with Crippen LogP contribution >= 0.6 is 0 Å². The number of aliphatic hydroxyl groups is 1. The van der Waals surface area contributed by atoms with Crippen molar-refractivity contribution in [3.63, 3.8) is 0 Å². The highest BCUT2D eigenvalue weighted by Crippen LogP contribution is 2.74. The first-order valence-corrected chi connectivity index (χ1v) is 12.4. The van der Waals surface area contributed by atoms with E-state index in [1.807, 2.05) is 6.92 Å². The second-order valence-electron chi connectivity index (χ2n) is 11.5. The van der Waals surface area contributed by atoms with Gasteiger partial charge in [0.1, 0.15) is 5.78 Å². The molecule has 4 rings (SSSR count). The van der Waals surface area contributed by atoms with E-state index in [4.69, 9.17) is 5.11 Å². The molecule has 3 saturated carbocycles. The predicted molar refractivity (Wildman–Crippen MR) is 122 cm³/mol. The molecule has 0 radical (unpaired) electrons. The Morgan fingerprint density at radius 3 is 2.55 bits per heavy atom. The van der Waals surface area contributed by atoms with Crippen LogP contribution in [-0.2, 0) is 14.4 Å². The van der Waals surface area contributed by atoms with Gasteiger partial charge < -0.3 is 10.2 Å². The zero-order valence-electron chi connectivity index (χ0n) is 20.2. The maximum atomic E-state index is 17.2.